The molecule has 0 spiro atoms. The molecule has 0 amide bonds. The molecule has 2 fully saturated rings. The van der Waals surface area contributed by atoms with Crippen LogP contribution in [0.4, 0.5) is 51.2 Å². The van der Waals surface area contributed by atoms with Gasteiger partial charge in [0.1, 0.15) is 25.6 Å². The summed E-state index contributed by atoms with van der Waals surface area (Å²) in [5.41, 5.74) is 13.1. The van der Waals surface area contributed by atoms with Gasteiger partial charge < -0.3 is 34.0 Å². The first-order chi connectivity index (χ1) is 44.0. The molecule has 466 valence electrons. The number of hydrogen-bond acceptors (Lipinski definition) is 11. The van der Waals surface area contributed by atoms with Gasteiger partial charge in [0.25, 0.3) is 0 Å². The number of ether oxygens (including phenoxy) is 2. The van der Waals surface area contributed by atoms with E-state index in [1.165, 1.54) is 139 Å². The van der Waals surface area contributed by atoms with Gasteiger partial charge in [-0.15, -0.1) is 11.3 Å². The number of fused-ring (bicyclic) bond motifs is 10. The monoisotopic (exact) mass is 1300 g/mol. The summed E-state index contributed by atoms with van der Waals surface area (Å²) in [7, 11) is 16.6. The van der Waals surface area contributed by atoms with E-state index >= 15 is 0 Å². The third-order valence-corrected chi connectivity index (χ3v) is 19.9. The van der Waals surface area contributed by atoms with Crippen LogP contribution in [0.15, 0.2) is 250 Å². The van der Waals surface area contributed by atoms with E-state index in [-0.39, 0.29) is 17.1 Å². The molecule has 5 aliphatic heterocycles. The first-order valence-corrected chi connectivity index (χ1v) is 33.8. The van der Waals surface area contributed by atoms with E-state index in [9.17, 15) is 0 Å². The smallest absolute Gasteiger partial charge is 0.201 e. The van der Waals surface area contributed by atoms with Crippen LogP contribution in [-0.4, -0.2) is 61.4 Å². The SMILES string of the molecule is C1CCCC1.C1CCCC1.CN(C)c1ccc2nc3ccc(=[N+](C)C)cc-3sc2c1.CN1c2ccccc2N(C)c2ccccc21.CN1c2ccccc2Oc2ccccc21.CN1c2ccccc2Sc2ccccc21.[Fe].c1ccc2c(c1)Oc1ccccc1S2. The Bertz CT molecular complexity index is 3840. The third kappa shape index (κ3) is 16.1. The van der Waals surface area contributed by atoms with Crippen molar-refractivity contribution in [2.24, 2.45) is 0 Å². The van der Waals surface area contributed by atoms with E-state index in [2.05, 4.69) is 243 Å². The van der Waals surface area contributed by atoms with E-state index in [0.717, 1.165) is 45.6 Å². The number of benzene rings is 10. The van der Waals surface area contributed by atoms with Crippen LogP contribution in [0.2, 0.25) is 0 Å². The maximum atomic E-state index is 5.81. The molecule has 0 unspecified atom stereocenters. The fourth-order valence-corrected chi connectivity index (χ4v) is 14.6. The van der Waals surface area contributed by atoms with Crippen molar-refractivity contribution in [1.29, 1.82) is 0 Å². The van der Waals surface area contributed by atoms with Crippen molar-refractivity contribution in [3.8, 4) is 33.6 Å². The minimum absolute atomic E-state index is 0. The predicted octanol–water partition coefficient (Wildman–Crippen LogP) is 21.4. The second-order valence-electron chi connectivity index (χ2n) is 23.2. The molecular weight excluding hydrogens is 1220 g/mol. The molecule has 3 aliphatic carbocycles. The van der Waals surface area contributed by atoms with Gasteiger partial charge in [0.2, 0.25) is 5.36 Å². The summed E-state index contributed by atoms with van der Waals surface area (Å²) in [5.74, 6) is 3.74. The Hall–Kier alpha value is -8.16. The molecule has 0 N–H and O–H groups in total. The van der Waals surface area contributed by atoms with Crippen LogP contribution in [0.5, 0.6) is 23.0 Å². The van der Waals surface area contributed by atoms with Crippen molar-refractivity contribution in [2.45, 2.75) is 83.8 Å². The van der Waals surface area contributed by atoms with Crippen molar-refractivity contribution in [2.75, 3.05) is 80.9 Å². The molecule has 0 bridgehead atoms. The topological polar surface area (TPSA) is 50.6 Å². The normalized spacial score (nSPS) is 13.6. The van der Waals surface area contributed by atoms with Crippen LogP contribution in [0.1, 0.15) is 64.2 Å². The van der Waals surface area contributed by atoms with E-state index in [0.29, 0.717) is 0 Å². The second-order valence-corrected chi connectivity index (χ2v) is 26.5. The molecule has 0 atom stereocenters. The van der Waals surface area contributed by atoms with E-state index in [4.69, 9.17) is 14.5 Å². The van der Waals surface area contributed by atoms with Gasteiger partial charge in [0.05, 0.1) is 76.1 Å². The molecule has 9 nitrogen and oxygen atoms in total. The molecule has 0 radical (unpaired) electrons. The fourth-order valence-electron chi connectivity index (χ4n) is 11.5. The number of aromatic nitrogens is 1. The summed E-state index contributed by atoms with van der Waals surface area (Å²) in [5, 5.41) is 1.21. The van der Waals surface area contributed by atoms with Crippen LogP contribution in [-0.2, 0) is 17.1 Å². The Morgan fingerprint density at radius 2 is 0.714 bits per heavy atom. The maximum Gasteiger partial charge on any atom is 0.201 e. The van der Waals surface area contributed by atoms with Gasteiger partial charge in [-0.3, -0.25) is 0 Å². The molecule has 17 rings (SSSR count). The minimum atomic E-state index is 0. The molecule has 0 aromatic heterocycles. The van der Waals surface area contributed by atoms with Crippen molar-refractivity contribution in [3.05, 3.63) is 236 Å². The first-order valence-electron chi connectivity index (χ1n) is 31.4. The van der Waals surface area contributed by atoms with Gasteiger partial charge in [-0.05, 0) is 121 Å². The summed E-state index contributed by atoms with van der Waals surface area (Å²) >= 11 is 5.40. The molecule has 13 heteroatoms. The van der Waals surface area contributed by atoms with Gasteiger partial charge in [-0.25, -0.2) is 9.56 Å². The number of hydrogen-bond donors (Lipinski definition) is 0. The first kappa shape index (κ1) is 65.8. The quantitative estimate of drug-likeness (QED) is 0.0902. The Morgan fingerprint density at radius 1 is 0.374 bits per heavy atom. The number of para-hydroxylation sites is 12. The van der Waals surface area contributed by atoms with Crippen molar-refractivity contribution < 1.29 is 26.5 Å². The minimum Gasteiger partial charge on any atom is -0.455 e. The number of rotatable bonds is 1. The molecule has 8 aliphatic rings. The third-order valence-electron chi connectivity index (χ3n) is 16.6. The van der Waals surface area contributed by atoms with E-state index in [1.807, 2.05) is 84.6 Å². The molecule has 91 heavy (non-hydrogen) atoms. The van der Waals surface area contributed by atoms with Crippen LogP contribution < -0.4 is 43.9 Å². The molecule has 2 saturated carbocycles. The summed E-state index contributed by atoms with van der Waals surface area (Å²) < 4.78 is 14.9. The van der Waals surface area contributed by atoms with Gasteiger partial charge >= 0.3 is 0 Å². The molecule has 9 aromatic carbocycles. The van der Waals surface area contributed by atoms with Crippen molar-refractivity contribution in [3.63, 3.8) is 0 Å². The van der Waals surface area contributed by atoms with Crippen LogP contribution in [0, 0.1) is 0 Å². The van der Waals surface area contributed by atoms with Crippen molar-refractivity contribution >= 4 is 96.3 Å². The van der Waals surface area contributed by atoms with Crippen LogP contribution in [0.3, 0.4) is 0 Å². The average molecular weight is 1300 g/mol. The zero-order valence-electron chi connectivity index (χ0n) is 53.5. The Balaban J connectivity index is 0.000000120. The van der Waals surface area contributed by atoms with Gasteiger partial charge in [0.15, 0.2) is 11.5 Å². The zero-order chi connectivity index (χ0) is 62.3. The second kappa shape index (κ2) is 31.7. The summed E-state index contributed by atoms with van der Waals surface area (Å²) in [6.07, 6.45) is 15.0. The van der Waals surface area contributed by atoms with Crippen molar-refractivity contribution in [1.82, 2.24) is 9.56 Å². The summed E-state index contributed by atoms with van der Waals surface area (Å²) in [4.78, 5) is 22.0. The van der Waals surface area contributed by atoms with Gasteiger partial charge in [0, 0.05) is 87.0 Å². The summed E-state index contributed by atoms with van der Waals surface area (Å²) in [6, 6.07) is 79.1. The Labute approximate surface area is 562 Å². The molecule has 0 saturated heterocycles. The fraction of sp³-hybridized carbons (Fsp3) is 0.231. The predicted molar refractivity (Wildman–Crippen MR) is 386 cm³/mol. The number of anilines is 9. The molecular formula is C78H82FeN7O2S3+. The van der Waals surface area contributed by atoms with Gasteiger partial charge in [-0.1, -0.05) is 185 Å². The molecule has 5 heterocycles. The van der Waals surface area contributed by atoms with E-state index < -0.39 is 0 Å². The molecule has 9 aromatic rings. The van der Waals surface area contributed by atoms with E-state index in [1.54, 1.807) is 23.1 Å². The number of nitrogens with zero attached hydrogens (tertiary/aromatic N) is 7. The maximum absolute atomic E-state index is 5.81. The van der Waals surface area contributed by atoms with Gasteiger partial charge in [-0.2, -0.15) is 0 Å². The Morgan fingerprint density at radius 3 is 1.14 bits per heavy atom. The van der Waals surface area contributed by atoms with Crippen LogP contribution >= 0.6 is 34.9 Å². The van der Waals surface area contributed by atoms with Crippen LogP contribution in [0.25, 0.3) is 20.8 Å². The largest absolute Gasteiger partial charge is 0.455 e. The average Bonchev–Trinajstić information content (AvgIpc) is 1.39. The standard InChI is InChI=1S/C16H18N3S.C14H14N2.C13H11NO.C13H11NS.C12H8OS.2C5H10.Fe/c1-18(2)11-5-7-13-15(9-11)20-16-10-12(19(3)4)6-8-14(16)17-13;1-15-11-7-3-5-9-13(11)16(2)14-10-6-4-8-12(14)15;2*1-14-10-6-2-4-8-12(10)15-13-9-5-3-7-11(13)14;1-3-7-11-9(5-1)13-10-6-2-4-8-12(10)14-11;2*1-2-4-5-3-1;/h5-10H,1-4H3;3-10H,1-2H3;2*2-9H,1H3;1-8H;2*1-5H2;/q+1;;;;;;;. The zero-order valence-corrected chi connectivity index (χ0v) is 57.1. The summed E-state index contributed by atoms with van der Waals surface area (Å²) in [6.45, 7) is 0. The Kier molecular flexibility index (Phi) is 22.9.